The van der Waals surface area contributed by atoms with Crippen LogP contribution in [0.5, 0.6) is 0 Å². The van der Waals surface area contributed by atoms with E-state index in [9.17, 15) is 0 Å². The topological polar surface area (TPSA) is 35.0 Å². The Balaban J connectivity index is 2.39. The van der Waals surface area contributed by atoms with Crippen LogP contribution in [0.4, 0.5) is 0 Å². The lowest BCUT2D eigenvalue weighted by molar-refractivity contribution is -0.116. The highest BCUT2D eigenvalue weighted by Crippen LogP contribution is 2.44. The van der Waals surface area contributed by atoms with Gasteiger partial charge in [0.15, 0.2) is 0 Å². The average Bonchev–Trinajstić information content (AvgIpc) is 2.47. The third-order valence-electron chi connectivity index (χ3n) is 3.76. The fourth-order valence-corrected chi connectivity index (χ4v) is 2.63. The van der Waals surface area contributed by atoms with Crippen molar-refractivity contribution in [3.05, 3.63) is 60.2 Å². The molecule has 0 bridgehead atoms. The first-order valence-electron chi connectivity index (χ1n) is 8.17. The van der Waals surface area contributed by atoms with Crippen LogP contribution in [0.25, 0.3) is 0 Å². The molecule has 0 saturated heterocycles. The molecule has 2 aromatic heterocycles. The summed E-state index contributed by atoms with van der Waals surface area (Å²) in [6, 6.07) is 12.0. The lowest BCUT2D eigenvalue weighted by Gasteiger charge is -2.38. The Morgan fingerprint density at radius 3 is 1.35 bits per heavy atom. The van der Waals surface area contributed by atoms with Gasteiger partial charge < -0.3 is 4.74 Å². The molecule has 0 aliphatic carbocycles. The van der Waals surface area contributed by atoms with E-state index in [4.69, 9.17) is 4.74 Å². The minimum Gasteiger partial charge on any atom is -0.361 e. The van der Waals surface area contributed by atoms with Gasteiger partial charge in [0.25, 0.3) is 0 Å². The van der Waals surface area contributed by atoms with E-state index in [1.165, 1.54) is 0 Å². The van der Waals surface area contributed by atoms with Crippen molar-refractivity contribution < 1.29 is 4.74 Å². The number of pyridine rings is 2. The fraction of sp³-hybridized carbons (Fsp3) is 0.500. The van der Waals surface area contributed by atoms with Gasteiger partial charge in [0.1, 0.15) is 12.2 Å². The van der Waals surface area contributed by atoms with Gasteiger partial charge in [-0.15, -0.1) is 0 Å². The maximum atomic E-state index is 6.63. The number of nitrogens with zero attached hydrogens (tertiary/aromatic N) is 2. The molecule has 23 heavy (non-hydrogen) atoms. The van der Waals surface area contributed by atoms with Gasteiger partial charge in [-0.3, -0.25) is 9.97 Å². The molecule has 0 aromatic carbocycles. The second-order valence-electron chi connectivity index (χ2n) is 8.14. The predicted octanol–water partition coefficient (Wildman–Crippen LogP) is 5.37. The van der Waals surface area contributed by atoms with Crippen molar-refractivity contribution in [1.82, 2.24) is 9.97 Å². The molecule has 0 fully saturated rings. The Bertz CT molecular complexity index is 542. The molecule has 3 nitrogen and oxygen atoms in total. The minimum absolute atomic E-state index is 0.0629. The van der Waals surface area contributed by atoms with Crippen molar-refractivity contribution in [3.63, 3.8) is 0 Å². The molecule has 0 N–H and O–H groups in total. The molecule has 2 rings (SSSR count). The van der Waals surface area contributed by atoms with E-state index in [2.05, 4.69) is 51.5 Å². The van der Waals surface area contributed by atoms with E-state index < -0.39 is 0 Å². The largest absolute Gasteiger partial charge is 0.361 e. The third kappa shape index (κ3) is 4.61. The number of rotatable bonds is 4. The van der Waals surface area contributed by atoms with Gasteiger partial charge in [-0.1, -0.05) is 53.7 Å². The molecule has 0 radical (unpaired) electrons. The Hall–Kier alpha value is -1.74. The van der Waals surface area contributed by atoms with Crippen LogP contribution in [0.15, 0.2) is 48.8 Å². The monoisotopic (exact) mass is 312 g/mol. The number of hydrogen-bond acceptors (Lipinski definition) is 3. The molecule has 2 atom stereocenters. The van der Waals surface area contributed by atoms with Crippen LogP contribution in [0.3, 0.4) is 0 Å². The molecule has 0 aliphatic heterocycles. The lowest BCUT2D eigenvalue weighted by Crippen LogP contribution is -2.30. The molecule has 2 aromatic rings. The number of hydrogen-bond donors (Lipinski definition) is 0. The van der Waals surface area contributed by atoms with Crippen LogP contribution in [-0.2, 0) is 4.74 Å². The number of aromatic nitrogens is 2. The zero-order chi connectivity index (χ0) is 17.1. The molecule has 2 unspecified atom stereocenters. The second kappa shape index (κ2) is 6.79. The summed E-state index contributed by atoms with van der Waals surface area (Å²) in [5.74, 6) is 0. The van der Waals surface area contributed by atoms with Gasteiger partial charge in [0.2, 0.25) is 0 Å². The molecular weight excluding hydrogens is 284 g/mol. The third-order valence-corrected chi connectivity index (χ3v) is 3.76. The Kier molecular flexibility index (Phi) is 5.20. The highest BCUT2D eigenvalue weighted by atomic mass is 16.5. The highest BCUT2D eigenvalue weighted by molar-refractivity contribution is 5.13. The summed E-state index contributed by atoms with van der Waals surface area (Å²) >= 11 is 0. The SMILES string of the molecule is CC(C)(C)C(OC(c1ccccn1)C(C)(C)C)c1ccccn1. The minimum atomic E-state index is -0.102. The van der Waals surface area contributed by atoms with Crippen molar-refractivity contribution in [3.8, 4) is 0 Å². The maximum Gasteiger partial charge on any atom is 0.105 e. The standard InChI is InChI=1S/C20H28N2O/c1-19(2,3)17(15-11-7-9-13-21-15)23-18(20(4,5)6)16-12-8-10-14-22-16/h7-14,17-18H,1-6H3. The van der Waals surface area contributed by atoms with Crippen LogP contribution >= 0.6 is 0 Å². The first kappa shape index (κ1) is 17.6. The van der Waals surface area contributed by atoms with Gasteiger partial charge in [-0.05, 0) is 35.1 Å². The Morgan fingerprint density at radius 2 is 1.09 bits per heavy atom. The van der Waals surface area contributed by atoms with Gasteiger partial charge >= 0.3 is 0 Å². The van der Waals surface area contributed by atoms with Crippen molar-refractivity contribution in [2.45, 2.75) is 53.8 Å². The van der Waals surface area contributed by atoms with E-state index in [1.807, 2.05) is 48.8 Å². The predicted molar refractivity (Wildman–Crippen MR) is 94.0 cm³/mol. The van der Waals surface area contributed by atoms with E-state index in [1.54, 1.807) is 0 Å². The zero-order valence-corrected chi connectivity index (χ0v) is 15.1. The summed E-state index contributed by atoms with van der Waals surface area (Å²) in [4.78, 5) is 9.06. The summed E-state index contributed by atoms with van der Waals surface area (Å²) in [6.07, 6.45) is 3.44. The molecular formula is C20H28N2O. The summed E-state index contributed by atoms with van der Waals surface area (Å²) in [6.45, 7) is 13.1. The van der Waals surface area contributed by atoms with E-state index in [-0.39, 0.29) is 23.0 Å². The van der Waals surface area contributed by atoms with Crippen molar-refractivity contribution in [2.24, 2.45) is 10.8 Å². The van der Waals surface area contributed by atoms with Gasteiger partial charge in [-0.2, -0.15) is 0 Å². The molecule has 0 amide bonds. The molecule has 2 heterocycles. The molecule has 0 spiro atoms. The highest BCUT2D eigenvalue weighted by Gasteiger charge is 2.36. The summed E-state index contributed by atoms with van der Waals surface area (Å²) < 4.78 is 6.63. The van der Waals surface area contributed by atoms with Gasteiger partial charge in [-0.25, -0.2) is 0 Å². The maximum absolute atomic E-state index is 6.63. The molecule has 0 saturated carbocycles. The average molecular weight is 312 g/mol. The van der Waals surface area contributed by atoms with Crippen LogP contribution in [0.2, 0.25) is 0 Å². The van der Waals surface area contributed by atoms with Crippen LogP contribution < -0.4 is 0 Å². The lowest BCUT2D eigenvalue weighted by atomic mass is 9.83. The van der Waals surface area contributed by atoms with Crippen LogP contribution in [0, 0.1) is 10.8 Å². The van der Waals surface area contributed by atoms with E-state index >= 15 is 0 Å². The number of ether oxygens (including phenoxy) is 1. The summed E-state index contributed by atoms with van der Waals surface area (Å²) in [5, 5.41) is 0. The van der Waals surface area contributed by atoms with Crippen LogP contribution in [-0.4, -0.2) is 9.97 Å². The van der Waals surface area contributed by atoms with Crippen molar-refractivity contribution >= 4 is 0 Å². The van der Waals surface area contributed by atoms with E-state index in [0.717, 1.165) is 11.4 Å². The first-order chi connectivity index (χ1) is 10.7. The Morgan fingerprint density at radius 1 is 0.696 bits per heavy atom. The summed E-state index contributed by atoms with van der Waals surface area (Å²) in [5.41, 5.74) is 1.80. The van der Waals surface area contributed by atoms with Crippen molar-refractivity contribution in [1.29, 1.82) is 0 Å². The second-order valence-corrected chi connectivity index (χ2v) is 8.14. The zero-order valence-electron chi connectivity index (χ0n) is 15.1. The van der Waals surface area contributed by atoms with Gasteiger partial charge in [0, 0.05) is 12.4 Å². The first-order valence-corrected chi connectivity index (χ1v) is 8.17. The van der Waals surface area contributed by atoms with E-state index in [0.29, 0.717) is 0 Å². The molecule has 3 heteroatoms. The van der Waals surface area contributed by atoms with Crippen LogP contribution in [0.1, 0.15) is 65.1 Å². The Labute approximate surface area is 140 Å². The summed E-state index contributed by atoms with van der Waals surface area (Å²) in [7, 11) is 0. The smallest absolute Gasteiger partial charge is 0.105 e. The van der Waals surface area contributed by atoms with Crippen molar-refractivity contribution in [2.75, 3.05) is 0 Å². The normalized spacial score (nSPS) is 15.2. The van der Waals surface area contributed by atoms with Gasteiger partial charge in [0.05, 0.1) is 11.4 Å². The molecule has 124 valence electrons. The fourth-order valence-electron chi connectivity index (χ4n) is 2.63. The quantitative estimate of drug-likeness (QED) is 0.761. The molecule has 0 aliphatic rings.